The predicted octanol–water partition coefficient (Wildman–Crippen LogP) is 2.36. The molecule has 0 atom stereocenters. The van der Waals surface area contributed by atoms with Gasteiger partial charge < -0.3 is 10.6 Å². The predicted molar refractivity (Wildman–Crippen MR) is 74.0 cm³/mol. The van der Waals surface area contributed by atoms with Gasteiger partial charge in [-0.05, 0) is 43.7 Å². The number of carbonyl (C=O) groups excluding carboxylic acids is 1. The molecule has 2 bridgehead atoms. The first-order valence-corrected chi connectivity index (χ1v) is 7.32. The van der Waals surface area contributed by atoms with Crippen molar-refractivity contribution in [2.24, 2.45) is 11.7 Å². The van der Waals surface area contributed by atoms with Crippen molar-refractivity contribution in [2.45, 2.75) is 37.6 Å². The van der Waals surface area contributed by atoms with E-state index in [4.69, 9.17) is 5.73 Å². The second-order valence-corrected chi connectivity index (χ2v) is 6.02. The van der Waals surface area contributed by atoms with Crippen LogP contribution >= 0.6 is 0 Å². The zero-order valence-electron chi connectivity index (χ0n) is 11.8. The molecule has 0 aromatic carbocycles. The van der Waals surface area contributed by atoms with Crippen LogP contribution in [-0.4, -0.2) is 34.4 Å². The van der Waals surface area contributed by atoms with Gasteiger partial charge in [-0.15, -0.1) is 0 Å². The molecule has 114 valence electrons. The first kappa shape index (κ1) is 14.4. The van der Waals surface area contributed by atoms with Gasteiger partial charge in [0.25, 0.3) is 12.3 Å². The fourth-order valence-electron chi connectivity index (χ4n) is 3.65. The molecule has 1 amide bonds. The van der Waals surface area contributed by atoms with Crippen molar-refractivity contribution in [3.63, 3.8) is 0 Å². The molecule has 0 radical (unpaired) electrons. The van der Waals surface area contributed by atoms with Crippen molar-refractivity contribution in [1.29, 1.82) is 0 Å². The van der Waals surface area contributed by atoms with Gasteiger partial charge in [0.1, 0.15) is 5.69 Å². The molecular formula is C15H19F2N3O. The molecule has 2 N–H and O–H groups in total. The summed E-state index contributed by atoms with van der Waals surface area (Å²) in [7, 11) is 0. The second-order valence-electron chi connectivity index (χ2n) is 6.02. The van der Waals surface area contributed by atoms with E-state index >= 15 is 0 Å². The summed E-state index contributed by atoms with van der Waals surface area (Å²) in [5.74, 6) is 0.113. The molecule has 1 aromatic rings. The van der Waals surface area contributed by atoms with Crippen LogP contribution in [0.4, 0.5) is 8.78 Å². The van der Waals surface area contributed by atoms with Crippen LogP contribution in [0.15, 0.2) is 18.3 Å². The van der Waals surface area contributed by atoms with Gasteiger partial charge in [0, 0.05) is 19.3 Å². The zero-order chi connectivity index (χ0) is 15.0. The van der Waals surface area contributed by atoms with E-state index in [1.165, 1.54) is 18.3 Å². The molecule has 4 rings (SSSR count). The summed E-state index contributed by atoms with van der Waals surface area (Å²) in [6.07, 6.45) is 2.40. The van der Waals surface area contributed by atoms with Crippen molar-refractivity contribution in [1.82, 2.24) is 9.88 Å². The van der Waals surface area contributed by atoms with E-state index in [1.807, 2.05) is 0 Å². The smallest absolute Gasteiger partial charge is 0.281 e. The summed E-state index contributed by atoms with van der Waals surface area (Å²) < 4.78 is 26.1. The fourth-order valence-corrected chi connectivity index (χ4v) is 3.65. The molecule has 0 unspecified atom stereocenters. The van der Waals surface area contributed by atoms with Crippen LogP contribution in [-0.2, 0) is 0 Å². The van der Waals surface area contributed by atoms with E-state index in [1.54, 1.807) is 4.90 Å². The number of amides is 1. The van der Waals surface area contributed by atoms with Crippen LogP contribution in [0.3, 0.4) is 0 Å². The Bertz CT molecular complexity index is 541. The highest BCUT2D eigenvalue weighted by Crippen LogP contribution is 2.43. The van der Waals surface area contributed by atoms with Crippen molar-refractivity contribution < 1.29 is 13.6 Å². The molecule has 3 fully saturated rings. The number of nitrogens with zero attached hydrogens (tertiary/aromatic N) is 2. The maximum absolute atomic E-state index is 13.1. The molecular weight excluding hydrogens is 276 g/mol. The fraction of sp³-hybridized carbons (Fsp3) is 0.600. The minimum atomic E-state index is -2.75. The van der Waals surface area contributed by atoms with Gasteiger partial charge in [-0.1, -0.05) is 0 Å². The Labute approximate surface area is 122 Å². The number of piperidine rings is 2. The Morgan fingerprint density at radius 3 is 2.81 bits per heavy atom. The van der Waals surface area contributed by atoms with Crippen LogP contribution in [0.25, 0.3) is 0 Å². The quantitative estimate of drug-likeness (QED) is 0.931. The topological polar surface area (TPSA) is 59.2 Å². The lowest BCUT2D eigenvalue weighted by atomic mass is 9.70. The lowest BCUT2D eigenvalue weighted by molar-refractivity contribution is -0.0156. The number of hydrogen-bond acceptors (Lipinski definition) is 3. The monoisotopic (exact) mass is 295 g/mol. The SMILES string of the molecule is NCC12CCC(CC1)CN2C(=O)c1cccnc1C(F)F. The van der Waals surface area contributed by atoms with Gasteiger partial charge in [0.15, 0.2) is 0 Å². The standard InChI is InChI=1S/C15H19F2N3O/c16-13(17)12-11(2-1-7-19-12)14(21)20-8-10-3-5-15(20,9-18)6-4-10/h1-2,7,10,13H,3-6,8-9,18H2. The molecule has 2 aliphatic heterocycles. The number of alkyl halides is 2. The number of aromatic nitrogens is 1. The normalized spacial score (nSPS) is 28.2. The van der Waals surface area contributed by atoms with Gasteiger partial charge in [-0.3, -0.25) is 9.78 Å². The molecule has 6 heteroatoms. The van der Waals surface area contributed by atoms with Crippen LogP contribution in [0.1, 0.15) is 48.2 Å². The van der Waals surface area contributed by atoms with Crippen molar-refractivity contribution >= 4 is 5.91 Å². The molecule has 1 saturated carbocycles. The number of halogens is 2. The number of carbonyl (C=O) groups is 1. The highest BCUT2D eigenvalue weighted by Gasteiger charge is 2.48. The first-order chi connectivity index (χ1) is 10.1. The molecule has 3 heterocycles. The zero-order valence-corrected chi connectivity index (χ0v) is 11.8. The lowest BCUT2D eigenvalue weighted by Gasteiger charge is -2.54. The molecule has 3 aliphatic rings. The Balaban J connectivity index is 1.95. The lowest BCUT2D eigenvalue weighted by Crippen LogP contribution is -2.63. The summed E-state index contributed by atoms with van der Waals surface area (Å²) in [5, 5.41) is 0. The van der Waals surface area contributed by atoms with Gasteiger partial charge >= 0.3 is 0 Å². The minimum Gasteiger partial charge on any atom is -0.331 e. The summed E-state index contributed by atoms with van der Waals surface area (Å²) in [4.78, 5) is 18.2. The number of pyridine rings is 1. The Morgan fingerprint density at radius 1 is 1.48 bits per heavy atom. The number of fused-ring (bicyclic) bond motifs is 3. The molecule has 2 saturated heterocycles. The summed E-state index contributed by atoms with van der Waals surface area (Å²) >= 11 is 0. The Kier molecular flexibility index (Phi) is 3.65. The van der Waals surface area contributed by atoms with Gasteiger partial charge in [-0.25, -0.2) is 8.78 Å². The van der Waals surface area contributed by atoms with E-state index in [2.05, 4.69) is 4.98 Å². The first-order valence-electron chi connectivity index (χ1n) is 7.32. The van der Waals surface area contributed by atoms with Crippen molar-refractivity contribution in [3.8, 4) is 0 Å². The third-order valence-electron chi connectivity index (χ3n) is 4.95. The van der Waals surface area contributed by atoms with Gasteiger partial charge in [0.05, 0.1) is 11.1 Å². The van der Waals surface area contributed by atoms with E-state index in [9.17, 15) is 13.6 Å². The number of nitrogens with two attached hydrogens (primary N) is 1. The van der Waals surface area contributed by atoms with Crippen molar-refractivity contribution in [2.75, 3.05) is 13.1 Å². The molecule has 0 spiro atoms. The summed E-state index contributed by atoms with van der Waals surface area (Å²) in [5.41, 5.74) is 5.13. The highest BCUT2D eigenvalue weighted by molar-refractivity contribution is 5.96. The van der Waals surface area contributed by atoms with Crippen molar-refractivity contribution in [3.05, 3.63) is 29.6 Å². The second kappa shape index (κ2) is 5.33. The van der Waals surface area contributed by atoms with E-state index in [0.29, 0.717) is 19.0 Å². The van der Waals surface area contributed by atoms with E-state index < -0.39 is 12.1 Å². The van der Waals surface area contributed by atoms with Gasteiger partial charge in [-0.2, -0.15) is 0 Å². The number of hydrogen-bond donors (Lipinski definition) is 1. The minimum absolute atomic E-state index is 0.00729. The number of rotatable bonds is 3. The summed E-state index contributed by atoms with van der Waals surface area (Å²) in [6.45, 7) is 1.00. The molecule has 1 aliphatic carbocycles. The maximum atomic E-state index is 13.1. The Hall–Kier alpha value is -1.56. The molecule has 21 heavy (non-hydrogen) atoms. The molecule has 1 aromatic heterocycles. The average molecular weight is 295 g/mol. The largest absolute Gasteiger partial charge is 0.331 e. The molecule has 4 nitrogen and oxygen atoms in total. The highest BCUT2D eigenvalue weighted by atomic mass is 19.3. The average Bonchev–Trinajstić information content (AvgIpc) is 2.55. The van der Waals surface area contributed by atoms with E-state index in [0.717, 1.165) is 25.7 Å². The Morgan fingerprint density at radius 2 is 2.19 bits per heavy atom. The van der Waals surface area contributed by atoms with Crippen LogP contribution < -0.4 is 5.73 Å². The van der Waals surface area contributed by atoms with Crippen LogP contribution in [0, 0.1) is 5.92 Å². The third-order valence-corrected chi connectivity index (χ3v) is 4.95. The third kappa shape index (κ3) is 2.31. The maximum Gasteiger partial charge on any atom is 0.281 e. The van der Waals surface area contributed by atoms with Crippen LogP contribution in [0.2, 0.25) is 0 Å². The van der Waals surface area contributed by atoms with Gasteiger partial charge in [0.2, 0.25) is 0 Å². The van der Waals surface area contributed by atoms with E-state index in [-0.39, 0.29) is 17.0 Å². The van der Waals surface area contributed by atoms with Crippen LogP contribution in [0.5, 0.6) is 0 Å². The summed E-state index contributed by atoms with van der Waals surface area (Å²) in [6, 6.07) is 2.96.